The Balaban J connectivity index is 3.17. The summed E-state index contributed by atoms with van der Waals surface area (Å²) in [6, 6.07) is 0. The van der Waals surface area contributed by atoms with Crippen molar-refractivity contribution < 1.29 is 10.2 Å². The van der Waals surface area contributed by atoms with Gasteiger partial charge in [0.1, 0.15) is 6.10 Å². The van der Waals surface area contributed by atoms with E-state index in [1.807, 2.05) is 0 Å². The minimum absolute atomic E-state index is 0.346. The summed E-state index contributed by atoms with van der Waals surface area (Å²) in [7, 11) is 0. The zero-order chi connectivity index (χ0) is 15.6. The molecule has 0 unspecified atom stereocenters. The van der Waals surface area contributed by atoms with Crippen LogP contribution in [-0.2, 0) is 0 Å². The van der Waals surface area contributed by atoms with E-state index in [2.05, 4.69) is 18.8 Å². The van der Waals surface area contributed by atoms with Crippen LogP contribution in [0.3, 0.4) is 0 Å². The lowest BCUT2D eigenvalue weighted by Crippen LogP contribution is -2.01. The maximum Gasteiger partial charge on any atom is 0.114 e. The van der Waals surface area contributed by atoms with Crippen molar-refractivity contribution in [1.82, 2.24) is 0 Å². The molecule has 21 heavy (non-hydrogen) atoms. The monoisotopic (exact) mass is 296 g/mol. The van der Waals surface area contributed by atoms with Crippen LogP contribution in [0.15, 0.2) is 0 Å². The molecular weight excluding hydrogens is 260 g/mol. The third-order valence-corrected chi connectivity index (χ3v) is 3.81. The summed E-state index contributed by atoms with van der Waals surface area (Å²) >= 11 is 0. The molecule has 0 heterocycles. The van der Waals surface area contributed by atoms with Crippen molar-refractivity contribution in [3.05, 3.63) is 0 Å². The Morgan fingerprint density at radius 1 is 0.762 bits per heavy atom. The zero-order valence-corrected chi connectivity index (χ0v) is 14.1. The van der Waals surface area contributed by atoms with E-state index in [9.17, 15) is 5.11 Å². The highest BCUT2D eigenvalue weighted by Crippen LogP contribution is 2.11. The summed E-state index contributed by atoms with van der Waals surface area (Å²) in [5, 5.41) is 18.2. The van der Waals surface area contributed by atoms with E-state index in [0.29, 0.717) is 6.61 Å². The van der Waals surface area contributed by atoms with Crippen LogP contribution in [-0.4, -0.2) is 22.9 Å². The molecule has 0 aliphatic heterocycles. The van der Waals surface area contributed by atoms with E-state index >= 15 is 0 Å². The van der Waals surface area contributed by atoms with Crippen LogP contribution < -0.4 is 0 Å². The number of rotatable bonds is 14. The van der Waals surface area contributed by atoms with E-state index in [4.69, 9.17) is 5.11 Å². The van der Waals surface area contributed by atoms with Crippen molar-refractivity contribution in [1.29, 1.82) is 0 Å². The highest BCUT2D eigenvalue weighted by atomic mass is 16.3. The fourth-order valence-corrected chi connectivity index (χ4v) is 2.40. The third kappa shape index (κ3) is 17.4. The topological polar surface area (TPSA) is 40.5 Å². The van der Waals surface area contributed by atoms with Gasteiger partial charge in [0, 0.05) is 13.0 Å². The largest absolute Gasteiger partial charge is 0.396 e. The molecule has 0 aromatic rings. The predicted octanol–water partition coefficient (Wildman–Crippen LogP) is 4.82. The molecule has 0 saturated heterocycles. The van der Waals surface area contributed by atoms with Gasteiger partial charge in [-0.2, -0.15) is 0 Å². The molecule has 0 aromatic heterocycles. The first-order valence-corrected chi connectivity index (χ1v) is 9.08. The Morgan fingerprint density at radius 2 is 1.29 bits per heavy atom. The van der Waals surface area contributed by atoms with Gasteiger partial charge in [-0.3, -0.25) is 0 Å². The highest BCUT2D eigenvalue weighted by Gasteiger charge is 1.96. The standard InChI is InChI=1S/C19H36O2/c1-2-3-16-19(21)17-14-12-10-8-6-4-5-7-9-11-13-15-18-20/h19-21H,2-13,15-16,18H2,1H3/t19-/m0/s1. The minimum atomic E-state index is -0.407. The lowest BCUT2D eigenvalue weighted by Gasteiger charge is -2.01. The van der Waals surface area contributed by atoms with Gasteiger partial charge in [-0.05, 0) is 19.3 Å². The molecule has 2 N–H and O–H groups in total. The molecule has 2 nitrogen and oxygen atoms in total. The third-order valence-electron chi connectivity index (χ3n) is 3.81. The second kappa shape index (κ2) is 17.5. The summed E-state index contributed by atoms with van der Waals surface area (Å²) in [5.41, 5.74) is 0. The summed E-state index contributed by atoms with van der Waals surface area (Å²) in [4.78, 5) is 0. The molecule has 0 aliphatic rings. The number of aliphatic hydroxyl groups is 2. The van der Waals surface area contributed by atoms with Crippen LogP contribution in [0.25, 0.3) is 0 Å². The normalized spacial score (nSPS) is 12.0. The van der Waals surface area contributed by atoms with Crippen molar-refractivity contribution in [3.63, 3.8) is 0 Å². The summed E-state index contributed by atoms with van der Waals surface area (Å²) in [6.07, 6.45) is 16.1. The highest BCUT2D eigenvalue weighted by molar-refractivity contribution is 5.04. The van der Waals surface area contributed by atoms with E-state index < -0.39 is 6.10 Å². The summed E-state index contributed by atoms with van der Waals surface area (Å²) < 4.78 is 0. The number of hydrogen-bond acceptors (Lipinski definition) is 2. The van der Waals surface area contributed by atoms with Gasteiger partial charge in [0.25, 0.3) is 0 Å². The van der Waals surface area contributed by atoms with Crippen molar-refractivity contribution >= 4 is 0 Å². The van der Waals surface area contributed by atoms with E-state index in [-0.39, 0.29) is 0 Å². The van der Waals surface area contributed by atoms with Crippen LogP contribution in [0.4, 0.5) is 0 Å². The first-order chi connectivity index (χ1) is 10.3. The molecule has 0 bridgehead atoms. The average molecular weight is 296 g/mol. The number of unbranched alkanes of at least 4 members (excludes halogenated alkanes) is 11. The maximum atomic E-state index is 9.57. The molecule has 0 saturated carbocycles. The van der Waals surface area contributed by atoms with Gasteiger partial charge in [-0.1, -0.05) is 77.1 Å². The fourth-order valence-electron chi connectivity index (χ4n) is 2.40. The van der Waals surface area contributed by atoms with Crippen molar-refractivity contribution in [2.75, 3.05) is 6.61 Å². The molecule has 2 heteroatoms. The fraction of sp³-hybridized carbons (Fsp3) is 0.895. The molecule has 124 valence electrons. The van der Waals surface area contributed by atoms with Gasteiger partial charge in [0.05, 0.1) is 0 Å². The van der Waals surface area contributed by atoms with Gasteiger partial charge < -0.3 is 10.2 Å². The molecule has 1 atom stereocenters. The van der Waals surface area contributed by atoms with E-state index in [1.54, 1.807) is 0 Å². The van der Waals surface area contributed by atoms with Crippen LogP contribution in [0.1, 0.15) is 96.8 Å². The lowest BCUT2D eigenvalue weighted by molar-refractivity contribution is 0.218. The molecule has 0 spiro atoms. The van der Waals surface area contributed by atoms with Crippen LogP contribution in [0.5, 0.6) is 0 Å². The molecular formula is C19H36O2. The first kappa shape index (κ1) is 20.5. The number of aliphatic hydroxyl groups excluding tert-OH is 2. The number of hydrogen-bond donors (Lipinski definition) is 2. The van der Waals surface area contributed by atoms with Crippen LogP contribution >= 0.6 is 0 Å². The van der Waals surface area contributed by atoms with Crippen LogP contribution in [0.2, 0.25) is 0 Å². The van der Waals surface area contributed by atoms with Crippen LogP contribution in [0, 0.1) is 11.8 Å². The van der Waals surface area contributed by atoms with Gasteiger partial charge in [-0.25, -0.2) is 0 Å². The Bertz CT molecular complexity index is 252. The van der Waals surface area contributed by atoms with E-state index in [1.165, 1.54) is 57.8 Å². The Hall–Kier alpha value is -0.520. The van der Waals surface area contributed by atoms with Crippen molar-refractivity contribution in [3.8, 4) is 11.8 Å². The molecule has 0 aromatic carbocycles. The first-order valence-electron chi connectivity index (χ1n) is 9.08. The minimum Gasteiger partial charge on any atom is -0.396 e. The smallest absolute Gasteiger partial charge is 0.114 e. The van der Waals surface area contributed by atoms with Gasteiger partial charge >= 0.3 is 0 Å². The quantitative estimate of drug-likeness (QED) is 0.356. The molecule has 0 amide bonds. The molecule has 0 fully saturated rings. The summed E-state index contributed by atoms with van der Waals surface area (Å²) in [6.45, 7) is 2.48. The second-order valence-corrected chi connectivity index (χ2v) is 5.99. The Kier molecular flexibility index (Phi) is 17.1. The molecule has 0 radical (unpaired) electrons. The van der Waals surface area contributed by atoms with Crippen molar-refractivity contribution in [2.45, 2.75) is 103 Å². The summed E-state index contributed by atoms with van der Waals surface area (Å²) in [5.74, 6) is 6.05. The van der Waals surface area contributed by atoms with Gasteiger partial charge in [0.2, 0.25) is 0 Å². The maximum absolute atomic E-state index is 9.57. The Morgan fingerprint density at radius 3 is 1.81 bits per heavy atom. The SMILES string of the molecule is CCCC[C@H](O)C#CCCCCCCCCCCCCO. The molecule has 0 aliphatic carbocycles. The van der Waals surface area contributed by atoms with Crippen molar-refractivity contribution in [2.24, 2.45) is 0 Å². The molecule has 0 rings (SSSR count). The predicted molar refractivity (Wildman–Crippen MR) is 91.2 cm³/mol. The van der Waals surface area contributed by atoms with E-state index in [0.717, 1.165) is 32.1 Å². The lowest BCUT2D eigenvalue weighted by atomic mass is 10.1. The van der Waals surface area contributed by atoms with Gasteiger partial charge in [-0.15, -0.1) is 5.92 Å². The Labute approximate surface area is 132 Å². The van der Waals surface area contributed by atoms with Gasteiger partial charge in [0.15, 0.2) is 0 Å². The average Bonchev–Trinajstić information content (AvgIpc) is 2.49. The zero-order valence-electron chi connectivity index (χ0n) is 14.1. The second-order valence-electron chi connectivity index (χ2n) is 5.99.